The third kappa shape index (κ3) is 3.14. The van der Waals surface area contributed by atoms with Gasteiger partial charge in [0.1, 0.15) is 0 Å². The molecule has 1 N–H and O–H groups in total. The van der Waals surface area contributed by atoms with Gasteiger partial charge in [-0.25, -0.2) is 4.79 Å². The van der Waals surface area contributed by atoms with Gasteiger partial charge in [-0.1, -0.05) is 30.3 Å². The number of ether oxygens (including phenoxy) is 1. The van der Waals surface area contributed by atoms with E-state index >= 15 is 0 Å². The van der Waals surface area contributed by atoms with Crippen molar-refractivity contribution in [3.8, 4) is 0 Å². The summed E-state index contributed by atoms with van der Waals surface area (Å²) in [4.78, 5) is 36.4. The zero-order valence-corrected chi connectivity index (χ0v) is 13.8. The van der Waals surface area contributed by atoms with Crippen LogP contribution in [0.25, 0.3) is 10.8 Å². The number of benzene rings is 2. The van der Waals surface area contributed by atoms with Crippen LogP contribution < -0.4 is 10.9 Å². The number of hydrogen-bond donors (Lipinski definition) is 1. The van der Waals surface area contributed by atoms with Gasteiger partial charge in [-0.15, -0.1) is 0 Å². The number of rotatable bonds is 3. The van der Waals surface area contributed by atoms with Crippen molar-refractivity contribution >= 4 is 28.3 Å². The molecule has 0 spiro atoms. The summed E-state index contributed by atoms with van der Waals surface area (Å²) in [7, 11) is 2.88. The van der Waals surface area contributed by atoms with Crippen LogP contribution in [0.3, 0.4) is 0 Å². The fourth-order valence-electron chi connectivity index (χ4n) is 2.56. The van der Waals surface area contributed by atoms with Gasteiger partial charge in [-0.05, 0) is 17.5 Å². The van der Waals surface area contributed by atoms with E-state index in [1.54, 1.807) is 31.3 Å². The van der Waals surface area contributed by atoms with E-state index in [4.69, 9.17) is 4.74 Å². The number of carbonyl (C=O) groups excluding carboxylic acids is 2. The average molecular weight is 336 g/mol. The van der Waals surface area contributed by atoms with E-state index in [0.29, 0.717) is 11.1 Å². The molecule has 1 aromatic heterocycles. The second kappa shape index (κ2) is 6.60. The number of amides is 1. The van der Waals surface area contributed by atoms with Crippen LogP contribution in [0.2, 0.25) is 0 Å². The quantitative estimate of drug-likeness (QED) is 0.746. The smallest absolute Gasteiger partial charge is 0.339 e. The SMILES string of the molecule is COC(=O)c1ccc2ccccc2c1NC(=O)c1ccn(C)c(=O)c1. The number of nitrogens with zero attached hydrogens (tertiary/aromatic N) is 1. The van der Waals surface area contributed by atoms with Gasteiger partial charge in [-0.2, -0.15) is 0 Å². The summed E-state index contributed by atoms with van der Waals surface area (Å²) in [5.41, 5.74) is 0.527. The molecule has 126 valence electrons. The standard InChI is InChI=1S/C19H16N2O4/c1-21-10-9-13(11-16(21)22)18(23)20-17-14-6-4-3-5-12(14)7-8-15(17)19(24)25-2/h3-11H,1-2H3,(H,20,23). The second-order valence-corrected chi connectivity index (χ2v) is 5.52. The summed E-state index contributed by atoms with van der Waals surface area (Å²) in [5, 5.41) is 4.32. The Morgan fingerprint density at radius 1 is 1.08 bits per heavy atom. The number of hydrogen-bond acceptors (Lipinski definition) is 4. The molecule has 0 aliphatic carbocycles. The van der Waals surface area contributed by atoms with Gasteiger partial charge in [0.15, 0.2) is 0 Å². The maximum Gasteiger partial charge on any atom is 0.339 e. The predicted octanol–water partition coefficient (Wildman–Crippen LogP) is 2.58. The molecule has 25 heavy (non-hydrogen) atoms. The number of aromatic nitrogens is 1. The number of methoxy groups -OCH3 is 1. The van der Waals surface area contributed by atoms with Crippen LogP contribution in [-0.4, -0.2) is 23.6 Å². The lowest BCUT2D eigenvalue weighted by atomic mass is 10.0. The van der Waals surface area contributed by atoms with Crippen molar-refractivity contribution < 1.29 is 14.3 Å². The summed E-state index contributed by atoms with van der Waals surface area (Å²) in [6.45, 7) is 0. The zero-order chi connectivity index (χ0) is 18.0. The first-order chi connectivity index (χ1) is 12.0. The van der Waals surface area contributed by atoms with Gasteiger partial charge in [-0.3, -0.25) is 9.59 Å². The molecule has 0 unspecified atom stereocenters. The lowest BCUT2D eigenvalue weighted by Crippen LogP contribution is -2.21. The molecular formula is C19H16N2O4. The van der Waals surface area contributed by atoms with Gasteiger partial charge in [0.05, 0.1) is 18.4 Å². The van der Waals surface area contributed by atoms with Crippen LogP contribution >= 0.6 is 0 Å². The second-order valence-electron chi connectivity index (χ2n) is 5.52. The van der Waals surface area contributed by atoms with Crippen LogP contribution in [0.5, 0.6) is 0 Å². The number of fused-ring (bicyclic) bond motifs is 1. The molecule has 0 radical (unpaired) electrons. The summed E-state index contributed by atoms with van der Waals surface area (Å²) in [6, 6.07) is 13.6. The lowest BCUT2D eigenvalue weighted by molar-refractivity contribution is 0.0602. The molecule has 0 saturated carbocycles. The van der Waals surface area contributed by atoms with Crippen molar-refractivity contribution in [2.75, 3.05) is 12.4 Å². The highest BCUT2D eigenvalue weighted by Crippen LogP contribution is 2.28. The first-order valence-electron chi connectivity index (χ1n) is 7.59. The van der Waals surface area contributed by atoms with E-state index in [2.05, 4.69) is 5.32 Å². The van der Waals surface area contributed by atoms with Crippen molar-refractivity contribution in [2.24, 2.45) is 7.05 Å². The molecule has 0 atom stereocenters. The van der Waals surface area contributed by atoms with Crippen molar-refractivity contribution in [3.63, 3.8) is 0 Å². The van der Waals surface area contributed by atoms with Crippen molar-refractivity contribution in [3.05, 3.63) is 76.2 Å². The summed E-state index contributed by atoms with van der Waals surface area (Å²) >= 11 is 0. The fraction of sp³-hybridized carbons (Fsp3) is 0.105. The minimum Gasteiger partial charge on any atom is -0.465 e. The minimum atomic E-state index is -0.551. The molecule has 0 saturated heterocycles. The van der Waals surface area contributed by atoms with Gasteiger partial charge in [0, 0.05) is 30.3 Å². The highest BCUT2D eigenvalue weighted by atomic mass is 16.5. The van der Waals surface area contributed by atoms with E-state index < -0.39 is 11.9 Å². The number of nitrogens with one attached hydrogen (secondary N) is 1. The Bertz CT molecular complexity index is 1040. The van der Waals surface area contributed by atoms with E-state index in [1.807, 2.05) is 18.2 Å². The summed E-state index contributed by atoms with van der Waals surface area (Å²) in [5.74, 6) is -1.02. The number of carbonyl (C=O) groups is 2. The number of pyridine rings is 1. The maximum absolute atomic E-state index is 12.6. The molecule has 0 aliphatic rings. The highest BCUT2D eigenvalue weighted by molar-refractivity contribution is 6.14. The molecule has 1 heterocycles. The van der Waals surface area contributed by atoms with E-state index in [9.17, 15) is 14.4 Å². The van der Waals surface area contributed by atoms with Crippen LogP contribution in [-0.2, 0) is 11.8 Å². The largest absolute Gasteiger partial charge is 0.465 e. The third-order valence-electron chi connectivity index (χ3n) is 3.94. The van der Waals surface area contributed by atoms with Crippen molar-refractivity contribution in [1.29, 1.82) is 0 Å². The maximum atomic E-state index is 12.6. The number of esters is 1. The molecule has 2 aromatic carbocycles. The third-order valence-corrected chi connectivity index (χ3v) is 3.94. The Labute approximate surface area is 143 Å². The Hall–Kier alpha value is -3.41. The van der Waals surface area contributed by atoms with Gasteiger partial charge in [0.2, 0.25) is 0 Å². The van der Waals surface area contributed by atoms with Crippen LogP contribution in [0.1, 0.15) is 20.7 Å². The molecule has 0 aliphatic heterocycles. The Morgan fingerprint density at radius 2 is 1.84 bits per heavy atom. The minimum absolute atomic E-state index is 0.215. The summed E-state index contributed by atoms with van der Waals surface area (Å²) < 4.78 is 6.17. The molecule has 0 fully saturated rings. The lowest BCUT2D eigenvalue weighted by Gasteiger charge is -2.13. The van der Waals surface area contributed by atoms with Crippen molar-refractivity contribution in [2.45, 2.75) is 0 Å². The zero-order valence-electron chi connectivity index (χ0n) is 13.8. The monoisotopic (exact) mass is 336 g/mol. The Kier molecular flexibility index (Phi) is 4.35. The van der Waals surface area contributed by atoms with Gasteiger partial charge in [0.25, 0.3) is 11.5 Å². The van der Waals surface area contributed by atoms with E-state index in [-0.39, 0.29) is 16.7 Å². The van der Waals surface area contributed by atoms with Gasteiger partial charge >= 0.3 is 5.97 Å². The average Bonchev–Trinajstić information content (AvgIpc) is 2.63. The molecule has 3 aromatic rings. The molecule has 3 rings (SSSR count). The van der Waals surface area contributed by atoms with Crippen molar-refractivity contribution in [1.82, 2.24) is 4.57 Å². The number of anilines is 1. The van der Waals surface area contributed by atoms with Crippen LogP contribution in [0.4, 0.5) is 5.69 Å². The van der Waals surface area contributed by atoms with E-state index in [1.165, 1.54) is 23.9 Å². The molecule has 6 heteroatoms. The van der Waals surface area contributed by atoms with Crippen LogP contribution in [0, 0.1) is 0 Å². The number of aryl methyl sites for hydroxylation is 1. The molecule has 0 bridgehead atoms. The predicted molar refractivity (Wildman–Crippen MR) is 94.9 cm³/mol. The molecular weight excluding hydrogens is 320 g/mol. The van der Waals surface area contributed by atoms with E-state index in [0.717, 1.165) is 5.39 Å². The molecule has 6 nitrogen and oxygen atoms in total. The Balaban J connectivity index is 2.10. The van der Waals surface area contributed by atoms with Crippen LogP contribution in [0.15, 0.2) is 59.5 Å². The molecule has 1 amide bonds. The summed E-state index contributed by atoms with van der Waals surface area (Å²) in [6.07, 6.45) is 1.52. The topological polar surface area (TPSA) is 77.4 Å². The normalized spacial score (nSPS) is 10.5. The fourth-order valence-corrected chi connectivity index (χ4v) is 2.56. The first-order valence-corrected chi connectivity index (χ1v) is 7.59. The van der Waals surface area contributed by atoms with Gasteiger partial charge < -0.3 is 14.6 Å². The Morgan fingerprint density at radius 3 is 2.56 bits per heavy atom. The first kappa shape index (κ1) is 16.4. The highest BCUT2D eigenvalue weighted by Gasteiger charge is 2.18.